The smallest absolute Gasteiger partial charge is 1.00 e. The number of unbranched alkanes of at least 4 members (excludes halogenated alkanes) is 8. The van der Waals surface area contributed by atoms with Crippen molar-refractivity contribution in [3.8, 4) is 0 Å². The van der Waals surface area contributed by atoms with Crippen LogP contribution in [0.2, 0.25) is 0 Å². The molecule has 0 saturated heterocycles. The number of rotatable bonds is 17. The van der Waals surface area contributed by atoms with Crippen LogP contribution in [0.25, 0.3) is 0 Å². The van der Waals surface area contributed by atoms with Gasteiger partial charge in [0.1, 0.15) is 12.7 Å². The van der Waals surface area contributed by atoms with Gasteiger partial charge in [0.05, 0.1) is 12.6 Å². The minimum absolute atomic E-state index is 0. The van der Waals surface area contributed by atoms with Gasteiger partial charge in [0, 0.05) is 18.4 Å². The summed E-state index contributed by atoms with van der Waals surface area (Å²) in [6.07, 6.45) is 9.90. The first-order chi connectivity index (χ1) is 13.7. The number of aliphatic hydroxyl groups excluding tert-OH is 2. The van der Waals surface area contributed by atoms with Gasteiger partial charge in [-0.25, -0.2) is 0 Å². The molecule has 0 aromatic carbocycles. The Bertz CT molecular complexity index is 450. The molecule has 0 amide bonds. The third-order valence-corrected chi connectivity index (χ3v) is 4.09. The number of ether oxygens (including phenoxy) is 1. The van der Waals surface area contributed by atoms with E-state index in [0.717, 1.165) is 12.8 Å². The number of esters is 1. The summed E-state index contributed by atoms with van der Waals surface area (Å²) in [5.41, 5.74) is 4.91. The van der Waals surface area contributed by atoms with Crippen molar-refractivity contribution in [2.45, 2.75) is 96.1 Å². The number of carboxylic acid groups (broad SMARTS) is 2. The molecular weight excluding hydrogens is 481 g/mol. The van der Waals surface area contributed by atoms with Crippen LogP contribution >= 0.6 is 0 Å². The number of aliphatic carboxylic acids is 2. The van der Waals surface area contributed by atoms with Gasteiger partial charge in [-0.05, 0) is 19.3 Å². The fraction of sp³-hybridized carbons (Fsp3) is 0.850. The molecule has 32 heavy (non-hydrogen) atoms. The van der Waals surface area contributed by atoms with Crippen LogP contribution in [0.5, 0.6) is 0 Å². The standard InChI is InChI=1S/C15H30O4.C5H9NO4.Ca.ClH.Na/c1-2-3-4-5-6-7-8-9-10-11-15(18)19-13-14(17)12-16;6-3(5(9)10)1-2-4(7)8;;;/h14,16-17H,2-13H2,1H3;3H,1-2,6H2,(H,7,8)(H,9,10);;1H;/q;;+2;;+1/p-3. The van der Waals surface area contributed by atoms with Crippen LogP contribution in [0.1, 0.15) is 84.0 Å². The fourth-order valence-electron chi connectivity index (χ4n) is 2.29. The molecule has 0 rings (SSSR count). The van der Waals surface area contributed by atoms with Gasteiger partial charge in [-0.15, -0.1) is 0 Å². The van der Waals surface area contributed by atoms with E-state index in [-0.39, 0.29) is 112 Å². The Balaban J connectivity index is -0.000000161. The van der Waals surface area contributed by atoms with Crippen LogP contribution < -0.4 is 57.9 Å². The summed E-state index contributed by atoms with van der Waals surface area (Å²) in [5, 5.41) is 37.2. The Labute approximate surface area is 249 Å². The van der Waals surface area contributed by atoms with Crippen molar-refractivity contribution in [1.82, 2.24) is 0 Å². The molecule has 180 valence electrons. The topological polar surface area (TPSA) is 173 Å². The van der Waals surface area contributed by atoms with Crippen molar-refractivity contribution in [2.75, 3.05) is 13.2 Å². The number of aliphatic hydroxyl groups is 2. The van der Waals surface area contributed by atoms with E-state index in [4.69, 9.17) is 20.7 Å². The van der Waals surface area contributed by atoms with Gasteiger partial charge < -0.3 is 52.9 Å². The van der Waals surface area contributed by atoms with Crippen LogP contribution in [0.4, 0.5) is 0 Å². The zero-order valence-electron chi connectivity index (χ0n) is 19.6. The van der Waals surface area contributed by atoms with Crippen molar-refractivity contribution < 1.29 is 81.5 Å². The van der Waals surface area contributed by atoms with E-state index >= 15 is 0 Å². The molecule has 0 fully saturated rings. The molecule has 0 saturated carbocycles. The zero-order valence-corrected chi connectivity index (χ0v) is 24.5. The molecule has 0 heterocycles. The van der Waals surface area contributed by atoms with Crippen molar-refractivity contribution in [3.63, 3.8) is 0 Å². The predicted molar refractivity (Wildman–Crippen MR) is 109 cm³/mol. The molecule has 2 atom stereocenters. The van der Waals surface area contributed by atoms with Gasteiger partial charge in [0.25, 0.3) is 0 Å². The van der Waals surface area contributed by atoms with Crippen LogP contribution in [-0.2, 0) is 19.1 Å². The first-order valence-electron chi connectivity index (χ1n) is 10.3. The van der Waals surface area contributed by atoms with Gasteiger partial charge >= 0.3 is 73.3 Å². The second-order valence-corrected chi connectivity index (χ2v) is 6.93. The van der Waals surface area contributed by atoms with Crippen LogP contribution in [0, 0.1) is 0 Å². The molecule has 4 N–H and O–H groups in total. The number of carbonyl (C=O) groups excluding carboxylic acids is 3. The Hall–Kier alpha value is 0.840. The van der Waals surface area contributed by atoms with E-state index in [2.05, 4.69) is 6.92 Å². The Morgan fingerprint density at radius 1 is 0.938 bits per heavy atom. The summed E-state index contributed by atoms with van der Waals surface area (Å²) in [4.78, 5) is 30.9. The van der Waals surface area contributed by atoms with E-state index in [0.29, 0.717) is 6.42 Å². The zero-order chi connectivity index (χ0) is 22.5. The first kappa shape index (κ1) is 43.0. The fourth-order valence-corrected chi connectivity index (χ4v) is 2.29. The summed E-state index contributed by atoms with van der Waals surface area (Å²) < 4.78 is 4.82. The maximum Gasteiger partial charge on any atom is 2.00 e. The maximum atomic E-state index is 11.3. The molecule has 0 aliphatic carbocycles. The Morgan fingerprint density at radius 2 is 1.41 bits per heavy atom. The molecule has 0 radical (unpaired) electrons. The average molecular weight is 518 g/mol. The summed E-state index contributed by atoms with van der Waals surface area (Å²) in [7, 11) is 0. The third-order valence-electron chi connectivity index (χ3n) is 4.09. The molecule has 0 aromatic rings. The van der Waals surface area contributed by atoms with Gasteiger partial charge in [-0.2, -0.15) is 0 Å². The monoisotopic (exact) mass is 517 g/mol. The van der Waals surface area contributed by atoms with E-state index < -0.39 is 24.1 Å². The molecular formula is C20H37CaClNNaO8. The maximum absolute atomic E-state index is 11.3. The molecule has 0 spiro atoms. The Kier molecular flexibility index (Phi) is 42.7. The molecule has 0 aliphatic rings. The van der Waals surface area contributed by atoms with Crippen LogP contribution in [0.3, 0.4) is 0 Å². The van der Waals surface area contributed by atoms with Crippen LogP contribution in [-0.4, -0.2) is 91.2 Å². The second-order valence-electron chi connectivity index (χ2n) is 6.93. The minimum atomic E-state index is -1.44. The normalized spacial score (nSPS) is 11.2. The number of carbonyl (C=O) groups is 3. The molecule has 0 aromatic heterocycles. The summed E-state index contributed by atoms with van der Waals surface area (Å²) in [6.45, 7) is 1.75. The molecule has 9 nitrogen and oxygen atoms in total. The Morgan fingerprint density at radius 3 is 1.81 bits per heavy atom. The number of hydrogen-bond donors (Lipinski definition) is 3. The quantitative estimate of drug-likeness (QED) is 0.0962. The SMILES string of the molecule is CCCCCCCCCCCC(=O)OCC(O)CO.NC(CCC(=O)[O-])C(=O)[O-].[Ca+2].[Cl-].[Na+]. The van der Waals surface area contributed by atoms with Gasteiger partial charge in [-0.3, -0.25) is 4.79 Å². The summed E-state index contributed by atoms with van der Waals surface area (Å²) in [5.74, 6) is -3.03. The minimum Gasteiger partial charge on any atom is -1.00 e. The van der Waals surface area contributed by atoms with Gasteiger partial charge in [0.15, 0.2) is 0 Å². The molecule has 0 bridgehead atoms. The number of carboxylic acids is 2. The largest absolute Gasteiger partial charge is 2.00 e. The third kappa shape index (κ3) is 35.4. The first-order valence-corrected chi connectivity index (χ1v) is 10.3. The number of halogens is 1. The molecule has 0 aliphatic heterocycles. The number of nitrogens with two attached hydrogens (primary N) is 1. The molecule has 2 unspecified atom stereocenters. The second kappa shape index (κ2) is 31.8. The average Bonchev–Trinajstić information content (AvgIpc) is 2.69. The predicted octanol–water partition coefficient (Wildman–Crippen LogP) is -6.98. The van der Waals surface area contributed by atoms with Crippen LogP contribution in [0.15, 0.2) is 0 Å². The van der Waals surface area contributed by atoms with Gasteiger partial charge in [0.2, 0.25) is 0 Å². The van der Waals surface area contributed by atoms with Crippen molar-refractivity contribution >= 4 is 55.6 Å². The van der Waals surface area contributed by atoms with E-state index in [1.165, 1.54) is 44.9 Å². The van der Waals surface area contributed by atoms with Crippen molar-refractivity contribution in [3.05, 3.63) is 0 Å². The van der Waals surface area contributed by atoms with Crippen molar-refractivity contribution in [2.24, 2.45) is 5.73 Å². The summed E-state index contributed by atoms with van der Waals surface area (Å²) in [6, 6.07) is -1.21. The van der Waals surface area contributed by atoms with E-state index in [1.807, 2.05) is 0 Å². The van der Waals surface area contributed by atoms with E-state index in [9.17, 15) is 24.6 Å². The molecule has 12 heteroatoms. The number of hydrogen-bond acceptors (Lipinski definition) is 9. The van der Waals surface area contributed by atoms with Crippen molar-refractivity contribution in [1.29, 1.82) is 0 Å². The summed E-state index contributed by atoms with van der Waals surface area (Å²) >= 11 is 0. The van der Waals surface area contributed by atoms with E-state index in [1.54, 1.807) is 0 Å². The van der Waals surface area contributed by atoms with Gasteiger partial charge in [-0.1, -0.05) is 58.3 Å².